The maximum Gasteiger partial charge on any atom is 0.253 e. The highest BCUT2D eigenvalue weighted by Gasteiger charge is 2.23. The summed E-state index contributed by atoms with van der Waals surface area (Å²) in [6.07, 6.45) is 1.84. The predicted octanol–water partition coefficient (Wildman–Crippen LogP) is 1.34. The number of amides is 1. The molecule has 1 aliphatic rings. The molecule has 136 valence electrons. The van der Waals surface area contributed by atoms with Crippen molar-refractivity contribution in [2.24, 2.45) is 11.7 Å². The van der Waals surface area contributed by atoms with Gasteiger partial charge in [-0.3, -0.25) is 4.79 Å². The van der Waals surface area contributed by atoms with E-state index in [1.807, 2.05) is 0 Å². The zero-order valence-electron chi connectivity index (χ0n) is 13.8. The van der Waals surface area contributed by atoms with Crippen molar-refractivity contribution in [3.05, 3.63) is 29.8 Å². The minimum absolute atomic E-state index is 0. The number of benzene rings is 1. The fraction of sp³-hybridized carbons (Fsp3) is 0.562. The van der Waals surface area contributed by atoms with E-state index in [1.54, 1.807) is 17.0 Å². The van der Waals surface area contributed by atoms with Crippen LogP contribution in [0.2, 0.25) is 0 Å². The van der Waals surface area contributed by atoms with E-state index < -0.39 is 9.84 Å². The first-order valence-corrected chi connectivity index (χ1v) is 9.44. The van der Waals surface area contributed by atoms with Gasteiger partial charge in [-0.05, 0) is 49.6 Å². The Morgan fingerprint density at radius 2 is 1.83 bits per heavy atom. The number of rotatable bonds is 6. The number of methoxy groups -OCH3 is 1. The van der Waals surface area contributed by atoms with Crippen LogP contribution in [0.1, 0.15) is 23.2 Å². The SMILES string of the molecule is COCCS(=O)(=O)c1ccc(C(=O)N2CCC(CN)CC2)cc1.Cl. The van der Waals surface area contributed by atoms with Gasteiger partial charge in [0.25, 0.3) is 5.91 Å². The molecule has 1 aromatic rings. The first-order chi connectivity index (χ1) is 11.0. The molecule has 1 aromatic carbocycles. The van der Waals surface area contributed by atoms with Crippen LogP contribution in [0.25, 0.3) is 0 Å². The second-order valence-electron chi connectivity index (χ2n) is 5.81. The van der Waals surface area contributed by atoms with E-state index in [4.69, 9.17) is 10.5 Å². The molecule has 0 unspecified atom stereocenters. The van der Waals surface area contributed by atoms with Crippen molar-refractivity contribution < 1.29 is 17.9 Å². The van der Waals surface area contributed by atoms with Crippen molar-refractivity contribution in [3.8, 4) is 0 Å². The van der Waals surface area contributed by atoms with Gasteiger partial charge in [0.15, 0.2) is 9.84 Å². The lowest BCUT2D eigenvalue weighted by Crippen LogP contribution is -2.40. The number of piperidine rings is 1. The van der Waals surface area contributed by atoms with E-state index >= 15 is 0 Å². The van der Waals surface area contributed by atoms with E-state index in [9.17, 15) is 13.2 Å². The molecule has 8 heteroatoms. The Morgan fingerprint density at radius 3 is 2.33 bits per heavy atom. The number of carbonyl (C=O) groups is 1. The van der Waals surface area contributed by atoms with Crippen molar-refractivity contribution >= 4 is 28.2 Å². The van der Waals surface area contributed by atoms with Crippen molar-refractivity contribution in [2.75, 3.05) is 39.1 Å². The normalized spacial score (nSPS) is 15.8. The third-order valence-corrected chi connectivity index (χ3v) is 5.95. The minimum Gasteiger partial charge on any atom is -0.384 e. The van der Waals surface area contributed by atoms with E-state index in [0.29, 0.717) is 31.1 Å². The zero-order chi connectivity index (χ0) is 16.9. The summed E-state index contributed by atoms with van der Waals surface area (Å²) in [6.45, 7) is 2.22. The van der Waals surface area contributed by atoms with Gasteiger partial charge in [0.1, 0.15) is 0 Å². The molecule has 0 atom stereocenters. The van der Waals surface area contributed by atoms with E-state index in [-0.39, 0.29) is 35.6 Å². The number of nitrogens with two attached hydrogens (primary N) is 1. The Kier molecular flexibility index (Phi) is 8.15. The van der Waals surface area contributed by atoms with Crippen LogP contribution in [0.15, 0.2) is 29.2 Å². The highest BCUT2D eigenvalue weighted by atomic mass is 35.5. The number of likely N-dealkylation sites (tertiary alicyclic amines) is 1. The van der Waals surface area contributed by atoms with Gasteiger partial charge in [-0.2, -0.15) is 0 Å². The molecule has 0 spiro atoms. The standard InChI is InChI=1S/C16H24N2O4S.ClH/c1-22-10-11-23(20,21)15-4-2-14(3-5-15)16(19)18-8-6-13(12-17)7-9-18;/h2-5,13H,6-12,17H2,1H3;1H. The number of sulfone groups is 1. The van der Waals surface area contributed by atoms with Gasteiger partial charge in [-0.15, -0.1) is 12.4 Å². The second-order valence-corrected chi connectivity index (χ2v) is 7.92. The highest BCUT2D eigenvalue weighted by molar-refractivity contribution is 7.91. The Morgan fingerprint density at radius 1 is 1.25 bits per heavy atom. The van der Waals surface area contributed by atoms with Gasteiger partial charge in [0.2, 0.25) is 0 Å². The lowest BCUT2D eigenvalue weighted by atomic mass is 9.96. The highest BCUT2D eigenvalue weighted by Crippen LogP contribution is 2.19. The molecule has 0 bridgehead atoms. The molecule has 1 aliphatic heterocycles. The first kappa shape index (κ1) is 20.9. The maximum atomic E-state index is 12.5. The first-order valence-electron chi connectivity index (χ1n) is 7.79. The summed E-state index contributed by atoms with van der Waals surface area (Å²) in [6, 6.07) is 6.14. The van der Waals surface area contributed by atoms with E-state index in [0.717, 1.165) is 12.8 Å². The fourth-order valence-electron chi connectivity index (χ4n) is 2.67. The van der Waals surface area contributed by atoms with Crippen LogP contribution in [-0.2, 0) is 14.6 Å². The predicted molar refractivity (Wildman–Crippen MR) is 95.3 cm³/mol. The second kappa shape index (κ2) is 9.36. The molecule has 2 N–H and O–H groups in total. The average Bonchev–Trinajstić information content (AvgIpc) is 2.59. The number of hydrogen-bond donors (Lipinski definition) is 1. The van der Waals surface area contributed by atoms with E-state index in [2.05, 4.69) is 0 Å². The van der Waals surface area contributed by atoms with E-state index in [1.165, 1.54) is 19.2 Å². The van der Waals surface area contributed by atoms with Crippen LogP contribution in [0.5, 0.6) is 0 Å². The molecule has 24 heavy (non-hydrogen) atoms. The minimum atomic E-state index is -3.36. The fourth-order valence-corrected chi connectivity index (χ4v) is 3.84. The number of hydrogen-bond acceptors (Lipinski definition) is 5. The monoisotopic (exact) mass is 376 g/mol. The zero-order valence-corrected chi connectivity index (χ0v) is 15.4. The van der Waals surface area contributed by atoms with Crippen LogP contribution in [-0.4, -0.2) is 58.3 Å². The number of halogens is 1. The molecule has 0 saturated carbocycles. The Bertz CT molecular complexity index is 626. The molecule has 1 heterocycles. The summed E-state index contributed by atoms with van der Waals surface area (Å²) in [5.74, 6) is 0.373. The van der Waals surface area contributed by atoms with Gasteiger partial charge < -0.3 is 15.4 Å². The Labute approximate surface area is 149 Å². The number of ether oxygens (including phenoxy) is 1. The van der Waals surface area contributed by atoms with Crippen molar-refractivity contribution in [3.63, 3.8) is 0 Å². The van der Waals surface area contributed by atoms with Gasteiger partial charge in [-0.1, -0.05) is 0 Å². The topological polar surface area (TPSA) is 89.7 Å². The molecule has 1 amide bonds. The molecule has 2 rings (SSSR count). The molecular formula is C16H25ClN2O4S. The third-order valence-electron chi connectivity index (χ3n) is 4.25. The summed E-state index contributed by atoms with van der Waals surface area (Å²) in [5.41, 5.74) is 6.17. The largest absolute Gasteiger partial charge is 0.384 e. The molecule has 0 aromatic heterocycles. The van der Waals surface area contributed by atoms with Crippen molar-refractivity contribution in [2.45, 2.75) is 17.7 Å². The van der Waals surface area contributed by atoms with Crippen molar-refractivity contribution in [1.82, 2.24) is 4.90 Å². The lowest BCUT2D eigenvalue weighted by molar-refractivity contribution is 0.0693. The van der Waals surface area contributed by atoms with Crippen LogP contribution in [0, 0.1) is 5.92 Å². The van der Waals surface area contributed by atoms with Gasteiger partial charge in [0, 0.05) is 25.8 Å². The average molecular weight is 377 g/mol. The summed E-state index contributed by atoms with van der Waals surface area (Å²) in [5, 5.41) is 0. The molecule has 1 fully saturated rings. The molecule has 0 radical (unpaired) electrons. The molecular weight excluding hydrogens is 352 g/mol. The molecule has 0 aliphatic carbocycles. The quantitative estimate of drug-likeness (QED) is 0.809. The maximum absolute atomic E-state index is 12.5. The Balaban J connectivity index is 0.00000288. The number of carbonyl (C=O) groups excluding carboxylic acids is 1. The summed E-state index contributed by atoms with van der Waals surface area (Å²) < 4.78 is 28.9. The van der Waals surface area contributed by atoms with Crippen LogP contribution >= 0.6 is 12.4 Å². The summed E-state index contributed by atoms with van der Waals surface area (Å²) >= 11 is 0. The number of nitrogens with zero attached hydrogens (tertiary/aromatic N) is 1. The van der Waals surface area contributed by atoms with Crippen molar-refractivity contribution in [1.29, 1.82) is 0 Å². The van der Waals surface area contributed by atoms with Gasteiger partial charge >= 0.3 is 0 Å². The van der Waals surface area contributed by atoms with Crippen LogP contribution in [0.4, 0.5) is 0 Å². The van der Waals surface area contributed by atoms with Crippen LogP contribution < -0.4 is 5.73 Å². The molecule has 1 saturated heterocycles. The third kappa shape index (κ3) is 5.17. The Hall–Kier alpha value is -1.15. The van der Waals surface area contributed by atoms with Gasteiger partial charge in [0.05, 0.1) is 17.3 Å². The smallest absolute Gasteiger partial charge is 0.253 e. The van der Waals surface area contributed by atoms with Crippen LogP contribution in [0.3, 0.4) is 0 Å². The lowest BCUT2D eigenvalue weighted by Gasteiger charge is -2.31. The summed E-state index contributed by atoms with van der Waals surface area (Å²) in [7, 11) is -1.90. The van der Waals surface area contributed by atoms with Gasteiger partial charge in [-0.25, -0.2) is 8.42 Å². The molecule has 6 nitrogen and oxygen atoms in total. The summed E-state index contributed by atoms with van der Waals surface area (Å²) in [4.78, 5) is 14.5.